The van der Waals surface area contributed by atoms with Crippen LogP contribution in [0.2, 0.25) is 0 Å². The number of nitrogens with zero attached hydrogens (tertiary/aromatic N) is 3. The van der Waals surface area contributed by atoms with E-state index in [2.05, 4.69) is 10.1 Å². The summed E-state index contributed by atoms with van der Waals surface area (Å²) in [5.74, 6) is 0.271. The summed E-state index contributed by atoms with van der Waals surface area (Å²) in [7, 11) is 0. The van der Waals surface area contributed by atoms with Crippen molar-refractivity contribution in [2.75, 3.05) is 0 Å². The number of ketones is 1. The Morgan fingerprint density at radius 2 is 2.21 bits per heavy atom. The first kappa shape index (κ1) is 13.4. The summed E-state index contributed by atoms with van der Waals surface area (Å²) in [5, 5.41) is 4.08. The molecule has 1 heterocycles. The summed E-state index contributed by atoms with van der Waals surface area (Å²) < 4.78 is 14.9. The summed E-state index contributed by atoms with van der Waals surface area (Å²) in [5.41, 5.74) is 0.978. The van der Waals surface area contributed by atoms with E-state index in [4.69, 9.17) is 0 Å². The van der Waals surface area contributed by atoms with E-state index in [0.717, 1.165) is 13.0 Å². The predicted molar refractivity (Wildman–Crippen MR) is 69.5 cm³/mol. The molecule has 0 radical (unpaired) electrons. The van der Waals surface area contributed by atoms with E-state index in [1.807, 2.05) is 6.92 Å². The molecule has 0 amide bonds. The van der Waals surface area contributed by atoms with E-state index in [-0.39, 0.29) is 18.0 Å². The van der Waals surface area contributed by atoms with Gasteiger partial charge in [-0.25, -0.2) is 14.1 Å². The first-order chi connectivity index (χ1) is 9.11. The molecule has 100 valence electrons. The van der Waals surface area contributed by atoms with E-state index in [0.29, 0.717) is 17.0 Å². The van der Waals surface area contributed by atoms with Gasteiger partial charge in [0, 0.05) is 12.1 Å². The van der Waals surface area contributed by atoms with Gasteiger partial charge in [0.15, 0.2) is 5.78 Å². The van der Waals surface area contributed by atoms with Crippen LogP contribution < -0.4 is 0 Å². The lowest BCUT2D eigenvalue weighted by Crippen LogP contribution is -2.11. The van der Waals surface area contributed by atoms with Crippen LogP contribution in [0, 0.1) is 12.7 Å². The summed E-state index contributed by atoms with van der Waals surface area (Å²) in [4.78, 5) is 16.2. The van der Waals surface area contributed by atoms with Crippen molar-refractivity contribution in [3.8, 4) is 0 Å². The smallest absolute Gasteiger partial charge is 0.170 e. The first-order valence-electron chi connectivity index (χ1n) is 6.28. The zero-order valence-electron chi connectivity index (χ0n) is 11.1. The number of carbonyl (C=O) groups is 1. The maximum atomic E-state index is 13.2. The van der Waals surface area contributed by atoms with Gasteiger partial charge in [0.25, 0.3) is 0 Å². The molecule has 0 unspecified atom stereocenters. The zero-order valence-corrected chi connectivity index (χ0v) is 11.1. The Kier molecular flexibility index (Phi) is 4.04. The van der Waals surface area contributed by atoms with Crippen molar-refractivity contribution in [1.29, 1.82) is 0 Å². The SMILES string of the molecule is CCCn1ncnc1CC(=O)c1ccc(F)c(C)c1. The molecular formula is C14H16FN3O. The van der Waals surface area contributed by atoms with Gasteiger partial charge in [0.05, 0.1) is 6.42 Å². The predicted octanol–water partition coefficient (Wildman–Crippen LogP) is 2.56. The van der Waals surface area contributed by atoms with Crippen LogP contribution in [0.25, 0.3) is 0 Å². The van der Waals surface area contributed by atoms with Crippen LogP contribution in [-0.2, 0) is 13.0 Å². The van der Waals surface area contributed by atoms with Crippen molar-refractivity contribution < 1.29 is 9.18 Å². The fraction of sp³-hybridized carbons (Fsp3) is 0.357. The van der Waals surface area contributed by atoms with Crippen molar-refractivity contribution >= 4 is 5.78 Å². The molecule has 19 heavy (non-hydrogen) atoms. The molecular weight excluding hydrogens is 245 g/mol. The van der Waals surface area contributed by atoms with Gasteiger partial charge in [0.2, 0.25) is 0 Å². The molecule has 1 aromatic heterocycles. The van der Waals surface area contributed by atoms with Gasteiger partial charge < -0.3 is 0 Å². The number of rotatable bonds is 5. The van der Waals surface area contributed by atoms with Gasteiger partial charge in [-0.05, 0) is 37.1 Å². The molecule has 2 aromatic rings. The molecule has 0 aliphatic carbocycles. The van der Waals surface area contributed by atoms with Crippen LogP contribution in [0.3, 0.4) is 0 Å². The molecule has 1 aromatic carbocycles. The van der Waals surface area contributed by atoms with Crippen molar-refractivity contribution in [2.24, 2.45) is 0 Å². The normalized spacial score (nSPS) is 10.7. The molecule has 2 rings (SSSR count). The summed E-state index contributed by atoms with van der Waals surface area (Å²) in [6.07, 6.45) is 2.57. The fourth-order valence-corrected chi connectivity index (χ4v) is 1.89. The van der Waals surface area contributed by atoms with Crippen LogP contribution in [0.4, 0.5) is 4.39 Å². The second-order valence-electron chi connectivity index (χ2n) is 4.46. The van der Waals surface area contributed by atoms with Crippen LogP contribution in [0.15, 0.2) is 24.5 Å². The number of halogens is 1. The Morgan fingerprint density at radius 3 is 2.89 bits per heavy atom. The molecule has 0 bridgehead atoms. The minimum absolute atomic E-state index is 0.0755. The van der Waals surface area contributed by atoms with Crippen molar-refractivity contribution in [1.82, 2.24) is 14.8 Å². The lowest BCUT2D eigenvalue weighted by atomic mass is 10.1. The Bertz CT molecular complexity index is 592. The number of benzene rings is 1. The topological polar surface area (TPSA) is 47.8 Å². The average Bonchev–Trinajstić information content (AvgIpc) is 2.80. The van der Waals surface area contributed by atoms with Crippen LogP contribution in [0.1, 0.15) is 35.1 Å². The van der Waals surface area contributed by atoms with Gasteiger partial charge in [-0.1, -0.05) is 6.92 Å². The molecule has 0 spiro atoms. The lowest BCUT2D eigenvalue weighted by molar-refractivity contribution is 0.0989. The molecule has 5 heteroatoms. The largest absolute Gasteiger partial charge is 0.294 e. The number of hydrogen-bond donors (Lipinski definition) is 0. The van der Waals surface area contributed by atoms with Gasteiger partial charge in [0.1, 0.15) is 18.0 Å². The Morgan fingerprint density at radius 1 is 1.42 bits per heavy atom. The van der Waals surface area contributed by atoms with Crippen LogP contribution >= 0.6 is 0 Å². The number of aromatic nitrogens is 3. The van der Waals surface area contributed by atoms with Crippen LogP contribution in [-0.4, -0.2) is 20.5 Å². The molecule has 4 nitrogen and oxygen atoms in total. The molecule has 0 saturated carbocycles. The quantitative estimate of drug-likeness (QED) is 0.777. The van der Waals surface area contributed by atoms with Crippen molar-refractivity contribution in [2.45, 2.75) is 33.2 Å². The number of carbonyl (C=O) groups excluding carboxylic acids is 1. The number of hydrogen-bond acceptors (Lipinski definition) is 3. The molecule has 0 fully saturated rings. The standard InChI is InChI=1S/C14H16FN3O/c1-3-6-18-14(16-9-17-18)8-13(19)11-4-5-12(15)10(2)7-11/h4-5,7,9H,3,6,8H2,1-2H3. The fourth-order valence-electron chi connectivity index (χ4n) is 1.89. The van der Waals surface area contributed by atoms with E-state index in [1.165, 1.54) is 18.5 Å². The number of Topliss-reactive ketones (excluding diaryl/α,β-unsaturated/α-hetero) is 1. The minimum Gasteiger partial charge on any atom is -0.294 e. The number of aryl methyl sites for hydroxylation is 2. The van der Waals surface area contributed by atoms with Gasteiger partial charge in [-0.15, -0.1) is 0 Å². The lowest BCUT2D eigenvalue weighted by Gasteiger charge is -2.05. The van der Waals surface area contributed by atoms with Crippen molar-refractivity contribution in [3.63, 3.8) is 0 Å². The average molecular weight is 261 g/mol. The Labute approximate surface area is 111 Å². The second kappa shape index (κ2) is 5.73. The van der Waals surface area contributed by atoms with Gasteiger partial charge in [-0.2, -0.15) is 5.10 Å². The highest BCUT2D eigenvalue weighted by molar-refractivity contribution is 5.97. The summed E-state index contributed by atoms with van der Waals surface area (Å²) in [6, 6.07) is 4.39. The van der Waals surface area contributed by atoms with E-state index < -0.39 is 0 Å². The third kappa shape index (κ3) is 3.05. The molecule has 0 aliphatic rings. The highest BCUT2D eigenvalue weighted by Gasteiger charge is 2.13. The maximum absolute atomic E-state index is 13.2. The minimum atomic E-state index is -0.300. The highest BCUT2D eigenvalue weighted by atomic mass is 19.1. The molecule has 0 aliphatic heterocycles. The van der Waals surface area contributed by atoms with Gasteiger partial charge >= 0.3 is 0 Å². The third-order valence-corrected chi connectivity index (χ3v) is 2.93. The Balaban J connectivity index is 2.16. The van der Waals surface area contributed by atoms with Crippen LogP contribution in [0.5, 0.6) is 0 Å². The summed E-state index contributed by atoms with van der Waals surface area (Å²) in [6.45, 7) is 4.42. The van der Waals surface area contributed by atoms with E-state index >= 15 is 0 Å². The first-order valence-corrected chi connectivity index (χ1v) is 6.28. The van der Waals surface area contributed by atoms with Gasteiger partial charge in [-0.3, -0.25) is 4.79 Å². The van der Waals surface area contributed by atoms with E-state index in [1.54, 1.807) is 17.7 Å². The van der Waals surface area contributed by atoms with Crippen molar-refractivity contribution in [3.05, 3.63) is 47.3 Å². The zero-order chi connectivity index (χ0) is 13.8. The third-order valence-electron chi connectivity index (χ3n) is 2.93. The maximum Gasteiger partial charge on any atom is 0.170 e. The van der Waals surface area contributed by atoms with E-state index in [9.17, 15) is 9.18 Å². The summed E-state index contributed by atoms with van der Waals surface area (Å²) >= 11 is 0. The Hall–Kier alpha value is -2.04. The second-order valence-corrected chi connectivity index (χ2v) is 4.46. The molecule has 0 saturated heterocycles. The molecule has 0 N–H and O–H groups in total. The monoisotopic (exact) mass is 261 g/mol. The highest BCUT2D eigenvalue weighted by Crippen LogP contribution is 2.11. The molecule has 0 atom stereocenters.